The van der Waals surface area contributed by atoms with Gasteiger partial charge in [0.25, 0.3) is 0 Å². The smallest absolute Gasteiger partial charge is 0.119 e. The highest BCUT2D eigenvalue weighted by atomic mass is 16.5. The predicted octanol–water partition coefficient (Wildman–Crippen LogP) is 4.01. The molecule has 1 fully saturated rings. The van der Waals surface area contributed by atoms with Crippen LogP contribution in [0.1, 0.15) is 56.6 Å². The summed E-state index contributed by atoms with van der Waals surface area (Å²) in [7, 11) is 0. The molecule has 0 bridgehead atoms. The van der Waals surface area contributed by atoms with Crippen molar-refractivity contribution in [3.63, 3.8) is 0 Å². The van der Waals surface area contributed by atoms with Gasteiger partial charge in [0.1, 0.15) is 5.75 Å². The third-order valence-electron chi connectivity index (χ3n) is 4.34. The fourth-order valence-electron chi connectivity index (χ4n) is 3.14. The lowest BCUT2D eigenvalue weighted by molar-refractivity contribution is 0.271. The SMILES string of the molecule is Cc1cc(OCCC2CCCC2N)ccc1C(C)C. The Hall–Kier alpha value is -1.02. The molecule has 1 aliphatic carbocycles. The van der Waals surface area contributed by atoms with E-state index in [1.807, 2.05) is 0 Å². The van der Waals surface area contributed by atoms with Crippen LogP contribution >= 0.6 is 0 Å². The van der Waals surface area contributed by atoms with Crippen molar-refractivity contribution in [2.75, 3.05) is 6.61 Å². The van der Waals surface area contributed by atoms with Crippen LogP contribution in [0.4, 0.5) is 0 Å². The fraction of sp³-hybridized carbons (Fsp3) is 0.647. The maximum Gasteiger partial charge on any atom is 0.119 e. The first kappa shape index (κ1) is 14.4. The predicted molar refractivity (Wildman–Crippen MR) is 80.7 cm³/mol. The Kier molecular flexibility index (Phi) is 4.87. The second kappa shape index (κ2) is 6.42. The van der Waals surface area contributed by atoms with Gasteiger partial charge in [0.2, 0.25) is 0 Å². The first-order valence-corrected chi connectivity index (χ1v) is 7.57. The second-order valence-electron chi connectivity index (χ2n) is 6.17. The third-order valence-corrected chi connectivity index (χ3v) is 4.34. The van der Waals surface area contributed by atoms with E-state index in [-0.39, 0.29) is 0 Å². The molecule has 0 saturated heterocycles. The first-order valence-electron chi connectivity index (χ1n) is 7.57. The highest BCUT2D eigenvalue weighted by Gasteiger charge is 2.23. The highest BCUT2D eigenvalue weighted by Crippen LogP contribution is 2.27. The summed E-state index contributed by atoms with van der Waals surface area (Å²) in [6, 6.07) is 6.84. The Labute approximate surface area is 117 Å². The lowest BCUT2D eigenvalue weighted by atomic mass is 9.98. The number of aryl methyl sites for hydroxylation is 1. The van der Waals surface area contributed by atoms with Gasteiger partial charge in [-0.3, -0.25) is 0 Å². The number of hydrogen-bond donors (Lipinski definition) is 1. The minimum absolute atomic E-state index is 0.397. The van der Waals surface area contributed by atoms with Crippen molar-refractivity contribution in [2.45, 2.75) is 58.4 Å². The van der Waals surface area contributed by atoms with Crippen LogP contribution in [-0.2, 0) is 0 Å². The molecule has 1 saturated carbocycles. The summed E-state index contributed by atoms with van der Waals surface area (Å²) in [6.45, 7) is 7.41. The van der Waals surface area contributed by atoms with Crippen LogP contribution in [0.15, 0.2) is 18.2 Å². The van der Waals surface area contributed by atoms with Gasteiger partial charge in [-0.25, -0.2) is 0 Å². The van der Waals surface area contributed by atoms with E-state index < -0.39 is 0 Å². The monoisotopic (exact) mass is 261 g/mol. The molecule has 19 heavy (non-hydrogen) atoms. The topological polar surface area (TPSA) is 35.2 Å². The summed E-state index contributed by atoms with van der Waals surface area (Å²) in [5, 5.41) is 0. The van der Waals surface area contributed by atoms with Crippen molar-refractivity contribution in [2.24, 2.45) is 11.7 Å². The van der Waals surface area contributed by atoms with Crippen molar-refractivity contribution < 1.29 is 4.74 Å². The molecule has 2 rings (SSSR count). The number of rotatable bonds is 5. The molecule has 2 nitrogen and oxygen atoms in total. The van der Waals surface area contributed by atoms with Crippen LogP contribution < -0.4 is 10.5 Å². The number of benzene rings is 1. The van der Waals surface area contributed by atoms with Crippen molar-refractivity contribution >= 4 is 0 Å². The van der Waals surface area contributed by atoms with E-state index >= 15 is 0 Å². The van der Waals surface area contributed by atoms with Crippen molar-refractivity contribution in [3.05, 3.63) is 29.3 Å². The minimum atomic E-state index is 0.397. The summed E-state index contributed by atoms with van der Waals surface area (Å²) in [5.74, 6) is 2.23. The lowest BCUT2D eigenvalue weighted by Crippen LogP contribution is -2.25. The van der Waals surface area contributed by atoms with Gasteiger partial charge < -0.3 is 10.5 Å². The Morgan fingerprint density at radius 3 is 2.68 bits per heavy atom. The molecule has 1 aromatic carbocycles. The summed E-state index contributed by atoms with van der Waals surface area (Å²) >= 11 is 0. The molecule has 2 N–H and O–H groups in total. The Morgan fingerprint density at radius 2 is 2.11 bits per heavy atom. The van der Waals surface area contributed by atoms with E-state index in [9.17, 15) is 0 Å². The lowest BCUT2D eigenvalue weighted by Gasteiger charge is -2.16. The quantitative estimate of drug-likeness (QED) is 0.869. The van der Waals surface area contributed by atoms with Gasteiger partial charge in [0.15, 0.2) is 0 Å². The third kappa shape index (κ3) is 3.73. The highest BCUT2D eigenvalue weighted by molar-refractivity contribution is 5.36. The van der Waals surface area contributed by atoms with Crippen LogP contribution in [0, 0.1) is 12.8 Å². The van der Waals surface area contributed by atoms with E-state index in [2.05, 4.69) is 39.0 Å². The van der Waals surface area contributed by atoms with Crippen LogP contribution in [0.25, 0.3) is 0 Å². The van der Waals surface area contributed by atoms with Gasteiger partial charge >= 0.3 is 0 Å². The van der Waals surface area contributed by atoms with E-state index in [1.165, 1.54) is 30.4 Å². The molecule has 0 heterocycles. The Morgan fingerprint density at radius 1 is 1.32 bits per heavy atom. The van der Waals surface area contributed by atoms with Gasteiger partial charge in [-0.05, 0) is 61.3 Å². The summed E-state index contributed by atoms with van der Waals surface area (Å²) < 4.78 is 5.88. The molecular formula is C17H27NO. The molecule has 2 heteroatoms. The van der Waals surface area contributed by atoms with Gasteiger partial charge in [0.05, 0.1) is 6.61 Å². The zero-order valence-electron chi connectivity index (χ0n) is 12.5. The zero-order valence-corrected chi connectivity index (χ0v) is 12.5. The standard InChI is InChI=1S/C17H27NO/c1-12(2)16-8-7-15(11-13(16)3)19-10-9-14-5-4-6-17(14)18/h7-8,11-12,14,17H,4-6,9-10,18H2,1-3H3. The summed E-state index contributed by atoms with van der Waals surface area (Å²) in [5.41, 5.74) is 8.81. The number of hydrogen-bond acceptors (Lipinski definition) is 2. The van der Waals surface area contributed by atoms with Crippen LogP contribution in [0.2, 0.25) is 0 Å². The molecule has 1 aromatic rings. The molecule has 0 amide bonds. The van der Waals surface area contributed by atoms with Gasteiger partial charge in [-0.1, -0.05) is 26.3 Å². The molecule has 0 radical (unpaired) electrons. The van der Waals surface area contributed by atoms with E-state index in [0.29, 0.717) is 17.9 Å². The zero-order chi connectivity index (χ0) is 13.8. The van der Waals surface area contributed by atoms with Crippen LogP contribution in [-0.4, -0.2) is 12.6 Å². The van der Waals surface area contributed by atoms with E-state index in [1.54, 1.807) is 0 Å². The normalized spacial score (nSPS) is 23.0. The largest absolute Gasteiger partial charge is 0.494 e. The molecule has 0 aromatic heterocycles. The molecule has 2 unspecified atom stereocenters. The maximum absolute atomic E-state index is 6.08. The second-order valence-corrected chi connectivity index (χ2v) is 6.17. The van der Waals surface area contributed by atoms with Gasteiger partial charge in [-0.15, -0.1) is 0 Å². The first-order chi connectivity index (χ1) is 9.08. The van der Waals surface area contributed by atoms with E-state index in [0.717, 1.165) is 18.8 Å². The number of ether oxygens (including phenoxy) is 1. The summed E-state index contributed by atoms with van der Waals surface area (Å²) in [4.78, 5) is 0. The average molecular weight is 261 g/mol. The number of nitrogens with two attached hydrogens (primary N) is 1. The van der Waals surface area contributed by atoms with Gasteiger partial charge in [-0.2, -0.15) is 0 Å². The van der Waals surface area contributed by atoms with Crippen molar-refractivity contribution in [1.29, 1.82) is 0 Å². The fourth-order valence-corrected chi connectivity index (χ4v) is 3.14. The average Bonchev–Trinajstić information content (AvgIpc) is 2.75. The molecule has 0 aliphatic heterocycles. The van der Waals surface area contributed by atoms with E-state index in [4.69, 9.17) is 10.5 Å². The van der Waals surface area contributed by atoms with Crippen LogP contribution in [0.3, 0.4) is 0 Å². The maximum atomic E-state index is 6.08. The van der Waals surface area contributed by atoms with Gasteiger partial charge in [0, 0.05) is 6.04 Å². The Bertz CT molecular complexity index is 414. The molecule has 0 spiro atoms. The van der Waals surface area contributed by atoms with Crippen LogP contribution in [0.5, 0.6) is 5.75 Å². The van der Waals surface area contributed by atoms with Crippen molar-refractivity contribution in [1.82, 2.24) is 0 Å². The molecule has 2 atom stereocenters. The molecule has 1 aliphatic rings. The summed E-state index contributed by atoms with van der Waals surface area (Å²) in [6.07, 6.45) is 4.84. The van der Waals surface area contributed by atoms with Crippen molar-refractivity contribution in [3.8, 4) is 5.75 Å². The molecular weight excluding hydrogens is 234 g/mol. The molecule has 106 valence electrons. The Balaban J connectivity index is 1.84. The minimum Gasteiger partial charge on any atom is -0.494 e.